The van der Waals surface area contributed by atoms with Gasteiger partial charge in [-0.05, 0) is 32.4 Å². The molecule has 1 aromatic rings. The Labute approximate surface area is 109 Å². The van der Waals surface area contributed by atoms with Crippen LogP contribution in [-0.4, -0.2) is 30.1 Å². The van der Waals surface area contributed by atoms with Gasteiger partial charge in [-0.25, -0.2) is 4.79 Å². The second-order valence-electron chi connectivity index (χ2n) is 4.91. The number of nitrogens with two attached hydrogens (primary N) is 1. The summed E-state index contributed by atoms with van der Waals surface area (Å²) in [6, 6.07) is 7.60. The van der Waals surface area contributed by atoms with Crippen molar-refractivity contribution in [3.63, 3.8) is 0 Å². The van der Waals surface area contributed by atoms with Crippen LogP contribution in [0.3, 0.4) is 0 Å². The van der Waals surface area contributed by atoms with Crippen LogP contribution in [0.1, 0.15) is 25.8 Å². The molecule has 1 unspecified atom stereocenters. The lowest BCUT2D eigenvalue weighted by Gasteiger charge is -2.37. The van der Waals surface area contributed by atoms with E-state index >= 15 is 0 Å². The number of likely N-dealkylation sites (N-methyl/N-ethyl adjacent to an activating group) is 1. The SMILES string of the molecule is CCC(C)(CN)N(C)C(=O)Nc1ccc(C)cc1. The number of hydrogen-bond acceptors (Lipinski definition) is 2. The summed E-state index contributed by atoms with van der Waals surface area (Å²) in [5.41, 5.74) is 7.40. The van der Waals surface area contributed by atoms with Crippen LogP contribution in [0.2, 0.25) is 0 Å². The van der Waals surface area contributed by atoms with E-state index in [0.29, 0.717) is 6.54 Å². The zero-order valence-corrected chi connectivity index (χ0v) is 11.7. The third-order valence-electron chi connectivity index (χ3n) is 3.62. The van der Waals surface area contributed by atoms with Crippen molar-refractivity contribution >= 4 is 11.7 Å². The highest BCUT2D eigenvalue weighted by Crippen LogP contribution is 2.18. The Morgan fingerprint density at radius 2 is 1.94 bits per heavy atom. The minimum atomic E-state index is -0.311. The number of benzene rings is 1. The average molecular weight is 249 g/mol. The molecule has 0 saturated carbocycles. The Kier molecular flexibility index (Phi) is 4.73. The Hall–Kier alpha value is -1.55. The second kappa shape index (κ2) is 5.87. The molecule has 0 spiro atoms. The number of nitrogens with zero attached hydrogens (tertiary/aromatic N) is 1. The monoisotopic (exact) mass is 249 g/mol. The van der Waals surface area contributed by atoms with Crippen molar-refractivity contribution in [1.82, 2.24) is 4.90 Å². The van der Waals surface area contributed by atoms with Crippen LogP contribution in [0, 0.1) is 6.92 Å². The van der Waals surface area contributed by atoms with Crippen molar-refractivity contribution in [2.24, 2.45) is 5.73 Å². The molecule has 0 fully saturated rings. The van der Waals surface area contributed by atoms with Gasteiger partial charge in [0.25, 0.3) is 0 Å². The van der Waals surface area contributed by atoms with E-state index in [0.717, 1.165) is 12.1 Å². The summed E-state index contributed by atoms with van der Waals surface area (Å²) in [6.07, 6.45) is 0.821. The lowest BCUT2D eigenvalue weighted by atomic mass is 9.97. The maximum absolute atomic E-state index is 12.1. The molecule has 0 aliphatic rings. The summed E-state index contributed by atoms with van der Waals surface area (Å²) in [5, 5.41) is 2.87. The highest BCUT2D eigenvalue weighted by Gasteiger charge is 2.29. The maximum atomic E-state index is 12.1. The maximum Gasteiger partial charge on any atom is 0.322 e. The number of anilines is 1. The first-order valence-corrected chi connectivity index (χ1v) is 6.24. The number of carbonyl (C=O) groups excluding carboxylic acids is 1. The number of urea groups is 1. The number of hydrogen-bond donors (Lipinski definition) is 2. The zero-order chi connectivity index (χ0) is 13.8. The molecule has 3 N–H and O–H groups in total. The van der Waals surface area contributed by atoms with E-state index in [1.165, 1.54) is 5.56 Å². The molecule has 1 aromatic carbocycles. The third kappa shape index (κ3) is 3.23. The molecule has 0 radical (unpaired) electrons. The van der Waals surface area contributed by atoms with Crippen LogP contribution < -0.4 is 11.1 Å². The fourth-order valence-corrected chi connectivity index (χ4v) is 1.61. The van der Waals surface area contributed by atoms with Gasteiger partial charge in [-0.1, -0.05) is 24.6 Å². The molecule has 4 nitrogen and oxygen atoms in total. The molecule has 0 saturated heterocycles. The lowest BCUT2D eigenvalue weighted by Crippen LogP contribution is -2.53. The number of aryl methyl sites for hydroxylation is 1. The number of carbonyl (C=O) groups is 1. The van der Waals surface area contributed by atoms with Crippen LogP contribution in [0.15, 0.2) is 24.3 Å². The Morgan fingerprint density at radius 1 is 1.39 bits per heavy atom. The fraction of sp³-hybridized carbons (Fsp3) is 0.500. The highest BCUT2D eigenvalue weighted by molar-refractivity contribution is 5.89. The molecule has 1 atom stereocenters. The van der Waals surface area contributed by atoms with Crippen LogP contribution >= 0.6 is 0 Å². The minimum Gasteiger partial charge on any atom is -0.328 e. The van der Waals surface area contributed by atoms with E-state index in [2.05, 4.69) is 5.32 Å². The van der Waals surface area contributed by atoms with E-state index in [4.69, 9.17) is 5.73 Å². The number of amides is 2. The van der Waals surface area contributed by atoms with Crippen molar-refractivity contribution in [1.29, 1.82) is 0 Å². The highest BCUT2D eigenvalue weighted by atomic mass is 16.2. The summed E-state index contributed by atoms with van der Waals surface area (Å²) in [6.45, 7) is 6.48. The van der Waals surface area contributed by atoms with E-state index in [-0.39, 0.29) is 11.6 Å². The van der Waals surface area contributed by atoms with E-state index < -0.39 is 0 Å². The molecule has 0 heterocycles. The van der Waals surface area contributed by atoms with Crippen molar-refractivity contribution in [3.05, 3.63) is 29.8 Å². The van der Waals surface area contributed by atoms with Crippen molar-refractivity contribution in [2.45, 2.75) is 32.7 Å². The van der Waals surface area contributed by atoms with Crippen LogP contribution in [0.25, 0.3) is 0 Å². The first kappa shape index (κ1) is 14.5. The number of nitrogens with one attached hydrogen (secondary N) is 1. The molecule has 0 aromatic heterocycles. The van der Waals surface area contributed by atoms with Gasteiger partial charge in [-0.3, -0.25) is 0 Å². The third-order valence-corrected chi connectivity index (χ3v) is 3.62. The lowest BCUT2D eigenvalue weighted by molar-refractivity contribution is 0.158. The predicted octanol–water partition coefficient (Wildman–Crippen LogP) is 2.59. The topological polar surface area (TPSA) is 58.4 Å². The normalized spacial score (nSPS) is 13.8. The second-order valence-corrected chi connectivity index (χ2v) is 4.91. The van der Waals surface area contributed by atoms with Gasteiger partial charge in [-0.15, -0.1) is 0 Å². The minimum absolute atomic E-state index is 0.131. The molecule has 0 aliphatic heterocycles. The molecule has 0 aliphatic carbocycles. The molecule has 2 amide bonds. The quantitative estimate of drug-likeness (QED) is 0.861. The average Bonchev–Trinajstić information content (AvgIpc) is 2.39. The van der Waals surface area contributed by atoms with Crippen molar-refractivity contribution < 1.29 is 4.79 Å². The molecule has 0 bridgehead atoms. The summed E-state index contributed by atoms with van der Waals surface area (Å²) in [7, 11) is 1.78. The van der Waals surface area contributed by atoms with Gasteiger partial charge in [-0.2, -0.15) is 0 Å². The largest absolute Gasteiger partial charge is 0.328 e. The smallest absolute Gasteiger partial charge is 0.322 e. The van der Waals surface area contributed by atoms with Gasteiger partial charge in [0.1, 0.15) is 0 Å². The molecular formula is C14H23N3O. The van der Waals surface area contributed by atoms with Gasteiger partial charge in [0.15, 0.2) is 0 Å². The van der Waals surface area contributed by atoms with Crippen molar-refractivity contribution in [3.8, 4) is 0 Å². The van der Waals surface area contributed by atoms with E-state index in [1.54, 1.807) is 11.9 Å². The van der Waals surface area contributed by atoms with Gasteiger partial charge < -0.3 is 16.0 Å². The van der Waals surface area contributed by atoms with Crippen LogP contribution in [-0.2, 0) is 0 Å². The van der Waals surface area contributed by atoms with Gasteiger partial charge in [0, 0.05) is 19.3 Å². The first-order valence-electron chi connectivity index (χ1n) is 6.24. The molecule has 1 rings (SSSR count). The Bertz CT molecular complexity index is 396. The van der Waals surface area contributed by atoms with Crippen molar-refractivity contribution in [2.75, 3.05) is 18.9 Å². The Balaban J connectivity index is 2.73. The van der Waals surface area contributed by atoms with E-state index in [9.17, 15) is 4.79 Å². The summed E-state index contributed by atoms with van der Waals surface area (Å²) in [5.74, 6) is 0. The standard InChI is InChI=1S/C14H23N3O/c1-5-14(3,10-15)17(4)13(18)16-12-8-6-11(2)7-9-12/h6-9H,5,10,15H2,1-4H3,(H,16,18). The van der Waals surface area contributed by atoms with Gasteiger partial charge in [0.05, 0.1) is 5.54 Å². The van der Waals surface area contributed by atoms with Gasteiger partial charge >= 0.3 is 6.03 Å². The van der Waals surface area contributed by atoms with Gasteiger partial charge in [0.2, 0.25) is 0 Å². The molecule has 4 heteroatoms. The predicted molar refractivity (Wildman–Crippen MR) is 75.7 cm³/mol. The molecule has 18 heavy (non-hydrogen) atoms. The van der Waals surface area contributed by atoms with Crippen LogP contribution in [0.4, 0.5) is 10.5 Å². The van der Waals surface area contributed by atoms with Crippen LogP contribution in [0.5, 0.6) is 0 Å². The fourth-order valence-electron chi connectivity index (χ4n) is 1.61. The molecular weight excluding hydrogens is 226 g/mol. The first-order chi connectivity index (χ1) is 8.42. The number of rotatable bonds is 4. The van der Waals surface area contributed by atoms with E-state index in [1.807, 2.05) is 45.0 Å². The summed E-state index contributed by atoms with van der Waals surface area (Å²) >= 11 is 0. The zero-order valence-electron chi connectivity index (χ0n) is 11.7. The summed E-state index contributed by atoms with van der Waals surface area (Å²) in [4.78, 5) is 13.8. The molecule has 100 valence electrons. The Morgan fingerprint density at radius 3 is 2.39 bits per heavy atom. The summed E-state index contributed by atoms with van der Waals surface area (Å²) < 4.78 is 0.